The quantitative estimate of drug-likeness (QED) is 0.314. The zero-order valence-corrected chi connectivity index (χ0v) is 9.84. The molecule has 4 nitrogen and oxygen atoms in total. The highest BCUT2D eigenvalue weighted by atomic mass is 32.1. The SMILES string of the molecule is N=C(N)N[C@H]1CCCC(N2CC(S)C2)C1. The van der Waals surface area contributed by atoms with Crippen LogP contribution in [0.4, 0.5) is 0 Å². The van der Waals surface area contributed by atoms with Crippen molar-refractivity contribution in [3.05, 3.63) is 0 Å². The highest BCUT2D eigenvalue weighted by molar-refractivity contribution is 7.81. The Morgan fingerprint density at radius 1 is 1.40 bits per heavy atom. The van der Waals surface area contributed by atoms with Crippen LogP contribution in [0.1, 0.15) is 25.7 Å². The molecule has 0 bridgehead atoms. The van der Waals surface area contributed by atoms with Gasteiger partial charge in [0.15, 0.2) is 5.96 Å². The molecule has 2 fully saturated rings. The van der Waals surface area contributed by atoms with E-state index in [1.807, 2.05) is 0 Å². The van der Waals surface area contributed by atoms with Crippen LogP contribution in [-0.4, -0.2) is 41.3 Å². The summed E-state index contributed by atoms with van der Waals surface area (Å²) < 4.78 is 0. The molecule has 1 aliphatic heterocycles. The summed E-state index contributed by atoms with van der Waals surface area (Å²) in [7, 11) is 0. The number of guanidine groups is 1. The van der Waals surface area contributed by atoms with Gasteiger partial charge in [0.05, 0.1) is 0 Å². The van der Waals surface area contributed by atoms with Gasteiger partial charge in [0.1, 0.15) is 0 Å². The maximum Gasteiger partial charge on any atom is 0.185 e. The minimum Gasteiger partial charge on any atom is -0.370 e. The second kappa shape index (κ2) is 4.61. The van der Waals surface area contributed by atoms with Gasteiger partial charge in [0, 0.05) is 30.4 Å². The number of hydrogen-bond acceptors (Lipinski definition) is 3. The molecule has 0 aromatic heterocycles. The van der Waals surface area contributed by atoms with Gasteiger partial charge in [0.25, 0.3) is 0 Å². The van der Waals surface area contributed by atoms with Gasteiger partial charge in [-0.3, -0.25) is 10.3 Å². The molecule has 0 amide bonds. The molecule has 5 heteroatoms. The van der Waals surface area contributed by atoms with Gasteiger partial charge in [-0.2, -0.15) is 12.6 Å². The predicted octanol–water partition coefficient (Wildman–Crippen LogP) is 0.395. The molecule has 0 radical (unpaired) electrons. The third-order valence-corrected chi connectivity index (χ3v) is 3.74. The van der Waals surface area contributed by atoms with Crippen molar-refractivity contribution in [3.8, 4) is 0 Å². The molecule has 1 saturated heterocycles. The number of thiol groups is 1. The summed E-state index contributed by atoms with van der Waals surface area (Å²) in [6.45, 7) is 2.25. The van der Waals surface area contributed by atoms with Crippen LogP contribution in [0.2, 0.25) is 0 Å². The summed E-state index contributed by atoms with van der Waals surface area (Å²) >= 11 is 4.43. The van der Waals surface area contributed by atoms with Crippen molar-refractivity contribution in [1.82, 2.24) is 10.2 Å². The Kier molecular flexibility index (Phi) is 3.41. The lowest BCUT2D eigenvalue weighted by Crippen LogP contribution is -2.56. The third kappa shape index (κ3) is 2.78. The van der Waals surface area contributed by atoms with E-state index in [4.69, 9.17) is 11.1 Å². The van der Waals surface area contributed by atoms with Crippen molar-refractivity contribution in [2.24, 2.45) is 5.73 Å². The van der Waals surface area contributed by atoms with Crippen LogP contribution in [0.15, 0.2) is 0 Å². The summed E-state index contributed by atoms with van der Waals surface area (Å²) in [5.74, 6) is 0.108. The van der Waals surface area contributed by atoms with E-state index in [-0.39, 0.29) is 5.96 Å². The fraction of sp³-hybridized carbons (Fsp3) is 0.900. The number of likely N-dealkylation sites (tertiary alicyclic amines) is 1. The lowest BCUT2D eigenvalue weighted by molar-refractivity contribution is 0.0898. The van der Waals surface area contributed by atoms with Crippen LogP contribution in [0, 0.1) is 5.41 Å². The van der Waals surface area contributed by atoms with E-state index in [0.29, 0.717) is 17.3 Å². The van der Waals surface area contributed by atoms with E-state index in [1.165, 1.54) is 12.8 Å². The Balaban J connectivity index is 1.79. The van der Waals surface area contributed by atoms with Crippen molar-refractivity contribution in [2.75, 3.05) is 13.1 Å². The van der Waals surface area contributed by atoms with E-state index in [2.05, 4.69) is 22.8 Å². The maximum absolute atomic E-state index is 7.24. The first-order valence-electron chi connectivity index (χ1n) is 5.68. The summed E-state index contributed by atoms with van der Waals surface area (Å²) in [5.41, 5.74) is 5.36. The molecule has 0 spiro atoms. The van der Waals surface area contributed by atoms with Gasteiger partial charge < -0.3 is 11.1 Å². The average Bonchev–Trinajstić information content (AvgIpc) is 2.12. The summed E-state index contributed by atoms with van der Waals surface area (Å²) in [6.07, 6.45) is 4.80. The first-order chi connectivity index (χ1) is 7.15. The lowest BCUT2D eigenvalue weighted by atomic mass is 9.88. The lowest BCUT2D eigenvalue weighted by Gasteiger charge is -2.45. The maximum atomic E-state index is 7.24. The first-order valence-corrected chi connectivity index (χ1v) is 6.19. The first kappa shape index (κ1) is 11.1. The number of rotatable bonds is 2. The second-order valence-electron chi connectivity index (χ2n) is 4.68. The van der Waals surface area contributed by atoms with Crippen LogP contribution in [-0.2, 0) is 0 Å². The van der Waals surface area contributed by atoms with Crippen molar-refractivity contribution < 1.29 is 0 Å². The van der Waals surface area contributed by atoms with Gasteiger partial charge >= 0.3 is 0 Å². The minimum absolute atomic E-state index is 0.108. The molecule has 2 rings (SSSR count). The minimum atomic E-state index is 0.108. The number of nitrogens with two attached hydrogens (primary N) is 1. The Bertz CT molecular complexity index is 240. The topological polar surface area (TPSA) is 65.1 Å². The van der Waals surface area contributed by atoms with Crippen LogP contribution in [0.3, 0.4) is 0 Å². The fourth-order valence-corrected chi connectivity index (χ4v) is 3.05. The van der Waals surface area contributed by atoms with Crippen LogP contribution in [0.25, 0.3) is 0 Å². The van der Waals surface area contributed by atoms with Gasteiger partial charge in [-0.25, -0.2) is 0 Å². The Morgan fingerprint density at radius 2 is 2.13 bits per heavy atom. The number of hydrogen-bond donors (Lipinski definition) is 4. The van der Waals surface area contributed by atoms with Gasteiger partial charge in [-0.1, -0.05) is 0 Å². The van der Waals surface area contributed by atoms with E-state index >= 15 is 0 Å². The molecule has 1 heterocycles. The Morgan fingerprint density at radius 3 is 2.73 bits per heavy atom. The van der Waals surface area contributed by atoms with Gasteiger partial charge in [-0.05, 0) is 25.7 Å². The zero-order valence-electron chi connectivity index (χ0n) is 8.95. The molecule has 2 atom stereocenters. The van der Waals surface area contributed by atoms with E-state index in [1.54, 1.807) is 0 Å². The third-order valence-electron chi connectivity index (χ3n) is 3.41. The molecule has 86 valence electrons. The van der Waals surface area contributed by atoms with Crippen LogP contribution < -0.4 is 11.1 Å². The number of nitrogens with one attached hydrogen (secondary N) is 2. The Hall–Kier alpha value is -0.420. The smallest absolute Gasteiger partial charge is 0.185 e. The van der Waals surface area contributed by atoms with Gasteiger partial charge in [-0.15, -0.1) is 0 Å². The molecule has 1 unspecified atom stereocenters. The van der Waals surface area contributed by atoms with Crippen molar-refractivity contribution in [2.45, 2.75) is 43.0 Å². The highest BCUT2D eigenvalue weighted by Gasteiger charge is 2.33. The largest absolute Gasteiger partial charge is 0.370 e. The average molecular weight is 228 g/mol. The normalized spacial score (nSPS) is 33.4. The highest BCUT2D eigenvalue weighted by Crippen LogP contribution is 2.27. The molecule has 0 aromatic carbocycles. The molecule has 4 N–H and O–H groups in total. The predicted molar refractivity (Wildman–Crippen MR) is 65.4 cm³/mol. The molecular weight excluding hydrogens is 208 g/mol. The van der Waals surface area contributed by atoms with E-state index in [9.17, 15) is 0 Å². The molecule has 1 aliphatic carbocycles. The standard InChI is InChI=1S/C10H20N4S/c11-10(12)13-7-2-1-3-8(4-7)14-5-9(15)6-14/h7-9,15H,1-6H2,(H4,11,12,13)/t7-,8?/m0/s1. The fourth-order valence-electron chi connectivity index (χ4n) is 2.63. The summed E-state index contributed by atoms with van der Waals surface area (Å²) in [6, 6.07) is 1.08. The molecular formula is C10H20N4S. The van der Waals surface area contributed by atoms with Crippen molar-refractivity contribution in [1.29, 1.82) is 5.41 Å². The van der Waals surface area contributed by atoms with E-state index < -0.39 is 0 Å². The Labute approximate surface area is 96.5 Å². The number of nitrogens with zero attached hydrogens (tertiary/aromatic N) is 1. The molecule has 2 aliphatic rings. The van der Waals surface area contributed by atoms with Crippen molar-refractivity contribution >= 4 is 18.6 Å². The summed E-state index contributed by atoms with van der Waals surface area (Å²) in [4.78, 5) is 2.51. The van der Waals surface area contributed by atoms with Gasteiger partial charge in [0.2, 0.25) is 0 Å². The second-order valence-corrected chi connectivity index (χ2v) is 5.41. The summed E-state index contributed by atoms with van der Waals surface area (Å²) in [5, 5.41) is 10.9. The van der Waals surface area contributed by atoms with Crippen LogP contribution >= 0.6 is 12.6 Å². The molecule has 0 aromatic rings. The zero-order chi connectivity index (χ0) is 10.8. The van der Waals surface area contributed by atoms with E-state index in [0.717, 1.165) is 25.9 Å². The molecule has 15 heavy (non-hydrogen) atoms. The monoisotopic (exact) mass is 228 g/mol. The van der Waals surface area contributed by atoms with Crippen LogP contribution in [0.5, 0.6) is 0 Å². The molecule has 1 saturated carbocycles. The van der Waals surface area contributed by atoms with Crippen molar-refractivity contribution in [3.63, 3.8) is 0 Å².